The monoisotopic (exact) mass is 373 g/mol. The van der Waals surface area contributed by atoms with Crippen LogP contribution in [0.3, 0.4) is 0 Å². The third-order valence-corrected chi connectivity index (χ3v) is 4.61. The van der Waals surface area contributed by atoms with Gasteiger partial charge in [-0.05, 0) is 24.6 Å². The number of thioether (sulfide) groups is 1. The molecule has 1 aromatic rings. The Morgan fingerprint density at radius 1 is 1.52 bits per heavy atom. The van der Waals surface area contributed by atoms with Gasteiger partial charge in [0.15, 0.2) is 0 Å². The lowest BCUT2D eigenvalue weighted by atomic mass is 10.2. The molecule has 4 nitrogen and oxygen atoms in total. The van der Waals surface area contributed by atoms with Gasteiger partial charge in [-0.1, -0.05) is 48.6 Å². The lowest BCUT2D eigenvalue weighted by molar-refractivity contribution is -0.146. The van der Waals surface area contributed by atoms with Crippen molar-refractivity contribution in [2.75, 3.05) is 13.2 Å². The number of hydrogen-bond acceptors (Lipinski definition) is 5. The molecule has 0 aliphatic carbocycles. The first-order valence-corrected chi connectivity index (χ1v) is 8.39. The lowest BCUT2D eigenvalue weighted by Gasteiger charge is -2.13. The Morgan fingerprint density at radius 2 is 2.26 bits per heavy atom. The maximum atomic E-state index is 13.8. The van der Waals surface area contributed by atoms with Crippen LogP contribution in [0.25, 0.3) is 6.08 Å². The quantitative estimate of drug-likeness (QED) is 0.448. The summed E-state index contributed by atoms with van der Waals surface area (Å²) in [6, 6.07) is 4.25. The average molecular weight is 374 g/mol. The molecule has 0 aromatic heterocycles. The van der Waals surface area contributed by atoms with Gasteiger partial charge in [0.2, 0.25) is 0 Å². The van der Waals surface area contributed by atoms with Crippen LogP contribution in [0.5, 0.6) is 0 Å². The normalized spacial score (nSPS) is 16.3. The van der Waals surface area contributed by atoms with Crippen LogP contribution in [0.4, 0.5) is 4.39 Å². The van der Waals surface area contributed by atoms with Gasteiger partial charge in [-0.15, -0.1) is 0 Å². The predicted octanol–water partition coefficient (Wildman–Crippen LogP) is 3.63. The van der Waals surface area contributed by atoms with E-state index >= 15 is 0 Å². The van der Waals surface area contributed by atoms with E-state index in [4.69, 9.17) is 28.6 Å². The van der Waals surface area contributed by atoms with E-state index in [9.17, 15) is 14.0 Å². The molecule has 1 saturated heterocycles. The molecule has 1 fully saturated rings. The number of hydrogen-bond donors (Lipinski definition) is 0. The molecule has 0 bridgehead atoms. The summed E-state index contributed by atoms with van der Waals surface area (Å²) in [5, 5.41) is 0.192. The fraction of sp³-hybridized carbons (Fsp3) is 0.267. The van der Waals surface area contributed by atoms with Gasteiger partial charge in [0, 0.05) is 5.56 Å². The Bertz CT molecular complexity index is 673. The van der Waals surface area contributed by atoms with E-state index in [1.165, 1.54) is 24.3 Å². The summed E-state index contributed by atoms with van der Waals surface area (Å²) in [5.74, 6) is -1.54. The van der Waals surface area contributed by atoms with Crippen LogP contribution in [0, 0.1) is 5.82 Å². The van der Waals surface area contributed by atoms with Gasteiger partial charge in [0.25, 0.3) is 5.91 Å². The summed E-state index contributed by atoms with van der Waals surface area (Å²) in [6.45, 7) is 1.90. The molecule has 0 atom stereocenters. The average Bonchev–Trinajstić information content (AvgIpc) is 2.76. The molecule has 0 spiro atoms. The third kappa shape index (κ3) is 4.31. The van der Waals surface area contributed by atoms with Crippen molar-refractivity contribution in [2.45, 2.75) is 13.3 Å². The smallest absolute Gasteiger partial charge is 0.326 e. The van der Waals surface area contributed by atoms with E-state index in [2.05, 4.69) is 0 Å². The number of rotatable bonds is 5. The topological polar surface area (TPSA) is 46.6 Å². The molecule has 2 rings (SSSR count). The van der Waals surface area contributed by atoms with E-state index in [0.717, 1.165) is 16.7 Å². The van der Waals surface area contributed by atoms with Crippen LogP contribution in [-0.2, 0) is 14.3 Å². The van der Waals surface area contributed by atoms with Crippen molar-refractivity contribution in [3.05, 3.63) is 39.5 Å². The molecule has 1 aliphatic heterocycles. The standard InChI is InChI=1S/C15H13ClFNO3S2/c1-2-6-21-13(19)8-18-14(20)12(23-15(18)22)7-9-10(16)4-3-5-11(9)17/h3-5,7H,2,6,8H2,1H3. The Balaban J connectivity index is 2.18. The molecule has 1 aromatic carbocycles. The fourth-order valence-electron chi connectivity index (χ4n) is 1.81. The fourth-order valence-corrected chi connectivity index (χ4v) is 3.26. The van der Waals surface area contributed by atoms with Gasteiger partial charge in [0.05, 0.1) is 16.5 Å². The minimum atomic E-state index is -0.537. The van der Waals surface area contributed by atoms with Crippen LogP contribution in [0.2, 0.25) is 5.02 Å². The lowest BCUT2D eigenvalue weighted by Crippen LogP contribution is -2.34. The van der Waals surface area contributed by atoms with E-state index in [0.29, 0.717) is 6.42 Å². The summed E-state index contributed by atoms with van der Waals surface area (Å²) >= 11 is 12.0. The van der Waals surface area contributed by atoms with Crippen molar-refractivity contribution < 1.29 is 18.7 Å². The highest BCUT2D eigenvalue weighted by Gasteiger charge is 2.34. The molecule has 1 aliphatic rings. The first-order chi connectivity index (χ1) is 10.9. The zero-order valence-electron chi connectivity index (χ0n) is 12.2. The SMILES string of the molecule is CCCOC(=O)CN1C(=O)C(=Cc2c(F)cccc2Cl)SC1=S. The van der Waals surface area contributed by atoms with Crippen LogP contribution in [0.1, 0.15) is 18.9 Å². The van der Waals surface area contributed by atoms with Crippen LogP contribution >= 0.6 is 35.6 Å². The summed E-state index contributed by atoms with van der Waals surface area (Å²) in [5.41, 5.74) is 0.114. The Labute approximate surface area is 147 Å². The largest absolute Gasteiger partial charge is 0.464 e. The molecule has 1 amide bonds. The number of ether oxygens (including phenoxy) is 1. The van der Waals surface area contributed by atoms with E-state index < -0.39 is 17.7 Å². The number of nitrogens with zero attached hydrogens (tertiary/aromatic N) is 1. The first kappa shape index (κ1) is 17.9. The van der Waals surface area contributed by atoms with Crippen molar-refractivity contribution in [1.29, 1.82) is 0 Å². The number of benzene rings is 1. The van der Waals surface area contributed by atoms with Crippen molar-refractivity contribution in [1.82, 2.24) is 4.90 Å². The number of thiocarbonyl (C=S) groups is 1. The first-order valence-electron chi connectivity index (χ1n) is 6.79. The van der Waals surface area contributed by atoms with Gasteiger partial charge in [-0.25, -0.2) is 4.39 Å². The van der Waals surface area contributed by atoms with Crippen LogP contribution in [0.15, 0.2) is 23.1 Å². The van der Waals surface area contributed by atoms with Crippen molar-refractivity contribution >= 4 is 57.9 Å². The Hall–Kier alpha value is -1.44. The molecular weight excluding hydrogens is 361 g/mol. The maximum Gasteiger partial charge on any atom is 0.326 e. The highest BCUT2D eigenvalue weighted by atomic mass is 35.5. The highest BCUT2D eigenvalue weighted by molar-refractivity contribution is 8.26. The van der Waals surface area contributed by atoms with E-state index in [-0.39, 0.29) is 33.0 Å². The summed E-state index contributed by atoms with van der Waals surface area (Å²) < 4.78 is 19.0. The van der Waals surface area contributed by atoms with Gasteiger partial charge in [0.1, 0.15) is 16.7 Å². The van der Waals surface area contributed by atoms with Gasteiger partial charge in [-0.3, -0.25) is 14.5 Å². The number of carbonyl (C=O) groups is 2. The second-order valence-electron chi connectivity index (χ2n) is 4.62. The molecule has 0 unspecified atom stereocenters. The van der Waals surface area contributed by atoms with Gasteiger partial charge >= 0.3 is 5.97 Å². The van der Waals surface area contributed by atoms with Crippen molar-refractivity contribution in [3.63, 3.8) is 0 Å². The Morgan fingerprint density at radius 3 is 2.91 bits per heavy atom. The second-order valence-corrected chi connectivity index (χ2v) is 6.71. The number of esters is 1. The molecule has 0 N–H and O–H groups in total. The van der Waals surface area contributed by atoms with Gasteiger partial charge < -0.3 is 4.74 Å². The van der Waals surface area contributed by atoms with Crippen molar-refractivity contribution in [3.8, 4) is 0 Å². The predicted molar refractivity (Wildman–Crippen MR) is 92.5 cm³/mol. The Kier molecular flexibility index (Phi) is 6.15. The number of halogens is 2. The van der Waals surface area contributed by atoms with Crippen LogP contribution < -0.4 is 0 Å². The minimum absolute atomic E-state index is 0.114. The maximum absolute atomic E-state index is 13.8. The zero-order valence-corrected chi connectivity index (χ0v) is 14.6. The van der Waals surface area contributed by atoms with Gasteiger partial charge in [-0.2, -0.15) is 0 Å². The van der Waals surface area contributed by atoms with E-state index in [1.54, 1.807) is 0 Å². The molecule has 8 heteroatoms. The van der Waals surface area contributed by atoms with E-state index in [1.807, 2.05) is 6.92 Å². The molecule has 1 heterocycles. The zero-order chi connectivity index (χ0) is 17.0. The summed E-state index contributed by atoms with van der Waals surface area (Å²) in [4.78, 5) is 25.3. The minimum Gasteiger partial charge on any atom is -0.464 e. The van der Waals surface area contributed by atoms with Crippen LogP contribution in [-0.4, -0.2) is 34.2 Å². The van der Waals surface area contributed by atoms with Crippen molar-refractivity contribution in [2.24, 2.45) is 0 Å². The number of amides is 1. The molecular formula is C15H13ClFNO3S2. The molecule has 122 valence electrons. The molecule has 23 heavy (non-hydrogen) atoms. The third-order valence-electron chi connectivity index (χ3n) is 2.90. The second kappa shape index (κ2) is 7.90. The summed E-state index contributed by atoms with van der Waals surface area (Å²) in [7, 11) is 0. The number of carbonyl (C=O) groups excluding carboxylic acids is 2. The molecule has 0 saturated carbocycles. The molecule has 0 radical (unpaired) electrons. The summed E-state index contributed by atoms with van der Waals surface area (Å²) in [6.07, 6.45) is 2.03. The highest BCUT2D eigenvalue weighted by Crippen LogP contribution is 2.34.